The average Bonchev–Trinajstić information content (AvgIpc) is 2.29. The molecular formula is C10F18. The summed E-state index contributed by atoms with van der Waals surface area (Å²) in [6.45, 7) is 0. The second-order valence-electron chi connectivity index (χ2n) is 4.58. The number of hydrogen-bond donors (Lipinski definition) is 0. The average molecular weight is 462 g/mol. The van der Waals surface area contributed by atoms with Gasteiger partial charge >= 0.3 is 30.4 Å². The van der Waals surface area contributed by atoms with Gasteiger partial charge < -0.3 is 0 Å². The van der Waals surface area contributed by atoms with E-state index in [0.29, 0.717) is 0 Å². The van der Waals surface area contributed by atoms with Crippen LogP contribution in [-0.2, 0) is 0 Å². The van der Waals surface area contributed by atoms with Crippen molar-refractivity contribution in [1.29, 1.82) is 0 Å². The highest BCUT2D eigenvalue weighted by atomic mass is 19.4. The van der Waals surface area contributed by atoms with Gasteiger partial charge in [0.1, 0.15) is 11.1 Å². The lowest BCUT2D eigenvalue weighted by Gasteiger charge is -2.43. The first-order valence-electron chi connectivity index (χ1n) is 5.65. The van der Waals surface area contributed by atoms with Crippen LogP contribution in [0.3, 0.4) is 0 Å². The van der Waals surface area contributed by atoms with E-state index in [0.717, 1.165) is 0 Å². The Bertz CT molecular complexity index is 590. The zero-order valence-electron chi connectivity index (χ0n) is 11.8. The molecule has 166 valence electrons. The topological polar surface area (TPSA) is 0 Å². The lowest BCUT2D eigenvalue weighted by Crippen LogP contribution is -2.70. The van der Waals surface area contributed by atoms with Crippen LogP contribution in [0.25, 0.3) is 0 Å². The lowest BCUT2D eigenvalue weighted by molar-refractivity contribution is -0.372. The van der Waals surface area contributed by atoms with Crippen LogP contribution in [-0.4, -0.2) is 36.0 Å². The monoisotopic (exact) mass is 462 g/mol. The molecule has 0 aliphatic heterocycles. The molecule has 0 fully saturated rings. The minimum absolute atomic E-state index is 5.10. The Morgan fingerprint density at radius 3 is 0.714 bits per heavy atom. The van der Waals surface area contributed by atoms with Crippen LogP contribution in [0.5, 0.6) is 0 Å². The minimum atomic E-state index is -8.53. The van der Waals surface area contributed by atoms with Crippen LogP contribution >= 0.6 is 0 Å². The molecule has 0 saturated heterocycles. The van der Waals surface area contributed by atoms with Gasteiger partial charge in [-0.25, -0.2) is 8.78 Å². The largest absolute Gasteiger partial charge is 0.435 e. The van der Waals surface area contributed by atoms with Gasteiger partial charge in [0.25, 0.3) is 12.2 Å². The lowest BCUT2D eigenvalue weighted by atomic mass is 9.73. The Kier molecular flexibility index (Phi) is 6.48. The van der Waals surface area contributed by atoms with Crippen molar-refractivity contribution in [2.24, 2.45) is 0 Å². The molecule has 0 heterocycles. The summed E-state index contributed by atoms with van der Waals surface area (Å²) in [4.78, 5) is 0. The van der Waals surface area contributed by atoms with E-state index in [1.54, 1.807) is 0 Å². The Morgan fingerprint density at radius 2 is 0.607 bits per heavy atom. The third kappa shape index (κ3) is 3.99. The molecule has 0 saturated carbocycles. The zero-order chi connectivity index (χ0) is 23.3. The number of rotatable bonds is 3. The molecule has 28 heavy (non-hydrogen) atoms. The molecule has 0 rings (SSSR count). The first kappa shape index (κ1) is 26.2. The molecule has 0 nitrogen and oxygen atoms in total. The Balaban J connectivity index is 8.04. The third-order valence-electron chi connectivity index (χ3n) is 2.89. The second-order valence-corrected chi connectivity index (χ2v) is 4.58. The number of alkyl halides is 14. The fourth-order valence-corrected chi connectivity index (χ4v) is 1.89. The fraction of sp³-hybridized carbons (Fsp3) is 0.600. The summed E-state index contributed by atoms with van der Waals surface area (Å²) >= 11 is 0. The van der Waals surface area contributed by atoms with Gasteiger partial charge in [-0.05, 0) is 0 Å². The van der Waals surface area contributed by atoms with E-state index in [-0.39, 0.29) is 0 Å². The second kappa shape index (κ2) is 6.93. The van der Waals surface area contributed by atoms with Crippen molar-refractivity contribution >= 4 is 0 Å². The summed E-state index contributed by atoms with van der Waals surface area (Å²) in [5, 5.41) is 0. The van der Waals surface area contributed by atoms with Crippen molar-refractivity contribution in [2.75, 3.05) is 0 Å². The molecule has 0 spiro atoms. The molecule has 0 unspecified atom stereocenters. The van der Waals surface area contributed by atoms with Crippen LogP contribution in [0.1, 0.15) is 0 Å². The highest BCUT2D eigenvalue weighted by Crippen LogP contribution is 2.64. The number of halogens is 18. The van der Waals surface area contributed by atoms with Gasteiger partial charge in [0.2, 0.25) is 5.67 Å². The summed E-state index contributed by atoms with van der Waals surface area (Å²) in [6, 6.07) is 0. The Labute approximate surface area is 140 Å². The molecule has 0 atom stereocenters. The first-order chi connectivity index (χ1) is 11.9. The zero-order valence-corrected chi connectivity index (χ0v) is 11.8. The maximum Gasteiger partial charge on any atom is 0.435 e. The molecule has 0 aromatic heterocycles. The van der Waals surface area contributed by atoms with Crippen molar-refractivity contribution in [3.05, 3.63) is 23.3 Å². The Morgan fingerprint density at radius 1 is 0.393 bits per heavy atom. The standard InChI is InChI=1S/C10F18/c11-3(12)1(6(16,17)18)5(15,2(4(13)14)7(19,20)21)8(22,9(23,24)25)10(26,27)28. The fourth-order valence-electron chi connectivity index (χ4n) is 1.89. The van der Waals surface area contributed by atoms with Crippen molar-refractivity contribution in [3.63, 3.8) is 0 Å². The van der Waals surface area contributed by atoms with Crippen LogP contribution in [0, 0.1) is 0 Å². The van der Waals surface area contributed by atoms with Crippen LogP contribution in [0.4, 0.5) is 79.0 Å². The summed E-state index contributed by atoms with van der Waals surface area (Å²) in [7, 11) is 0. The predicted octanol–water partition coefficient (Wildman–Crippen LogP) is 6.95. The molecule has 0 aromatic carbocycles. The summed E-state index contributed by atoms with van der Waals surface area (Å²) in [6.07, 6.45) is -41.8. The quantitative estimate of drug-likeness (QED) is 0.399. The third-order valence-corrected chi connectivity index (χ3v) is 2.89. The van der Waals surface area contributed by atoms with E-state index in [9.17, 15) is 79.0 Å². The van der Waals surface area contributed by atoms with Crippen molar-refractivity contribution < 1.29 is 79.0 Å². The first-order valence-corrected chi connectivity index (χ1v) is 5.65. The Hall–Kier alpha value is -1.78. The molecule has 0 radical (unpaired) electrons. The molecule has 0 amide bonds. The highest BCUT2D eigenvalue weighted by Gasteiger charge is 2.89. The van der Waals surface area contributed by atoms with E-state index < -0.39 is 59.4 Å². The van der Waals surface area contributed by atoms with Gasteiger partial charge in [-0.15, -0.1) is 0 Å². The SMILES string of the molecule is FC(F)=C(C(F)(F)F)C(F)(C(=C(F)F)C(F)(F)F)C(F)(C(F)(F)F)C(F)(F)F. The summed E-state index contributed by atoms with van der Waals surface area (Å²) in [5.41, 5.74) is -27.6. The number of hydrogen-bond acceptors (Lipinski definition) is 0. The van der Waals surface area contributed by atoms with Gasteiger partial charge in [-0.3, -0.25) is 0 Å². The maximum atomic E-state index is 14.3. The molecule has 18 heteroatoms. The number of allylic oxidation sites excluding steroid dienone is 2. The van der Waals surface area contributed by atoms with Crippen molar-refractivity contribution in [3.8, 4) is 0 Å². The van der Waals surface area contributed by atoms with E-state index in [1.165, 1.54) is 0 Å². The van der Waals surface area contributed by atoms with Gasteiger partial charge in [-0.1, -0.05) is 0 Å². The molecule has 0 N–H and O–H groups in total. The van der Waals surface area contributed by atoms with Crippen LogP contribution in [0.2, 0.25) is 0 Å². The predicted molar refractivity (Wildman–Crippen MR) is 50.4 cm³/mol. The smallest absolute Gasteiger partial charge is 0.229 e. The summed E-state index contributed by atoms with van der Waals surface area (Å²) < 4.78 is 228. The van der Waals surface area contributed by atoms with Gasteiger partial charge in [0.05, 0.1) is 0 Å². The summed E-state index contributed by atoms with van der Waals surface area (Å²) in [5.74, 6) is 0. The van der Waals surface area contributed by atoms with E-state index >= 15 is 0 Å². The van der Waals surface area contributed by atoms with Crippen molar-refractivity contribution in [1.82, 2.24) is 0 Å². The minimum Gasteiger partial charge on any atom is -0.229 e. The van der Waals surface area contributed by atoms with E-state index in [2.05, 4.69) is 0 Å². The van der Waals surface area contributed by atoms with Gasteiger partial charge in [0, 0.05) is 0 Å². The highest BCUT2D eigenvalue weighted by molar-refractivity contribution is 5.46. The molecule has 0 aliphatic carbocycles. The molecule has 0 aromatic rings. The van der Waals surface area contributed by atoms with E-state index in [1.807, 2.05) is 0 Å². The molecule has 0 bridgehead atoms. The van der Waals surface area contributed by atoms with Crippen LogP contribution < -0.4 is 0 Å². The van der Waals surface area contributed by atoms with Crippen LogP contribution in [0.15, 0.2) is 23.3 Å². The van der Waals surface area contributed by atoms with Gasteiger partial charge in [-0.2, -0.15) is 70.2 Å². The molecular weight excluding hydrogens is 462 g/mol. The molecule has 0 aliphatic rings. The maximum absolute atomic E-state index is 14.3. The normalized spacial score (nSPS) is 14.8. The van der Waals surface area contributed by atoms with Gasteiger partial charge in [0.15, 0.2) is 0 Å². The van der Waals surface area contributed by atoms with Crippen molar-refractivity contribution in [2.45, 2.75) is 36.0 Å². The van der Waals surface area contributed by atoms with E-state index in [4.69, 9.17) is 0 Å².